The molecule has 0 fully saturated rings. The van der Waals surface area contributed by atoms with E-state index in [4.69, 9.17) is 11.6 Å². The Morgan fingerprint density at radius 1 is 1.36 bits per heavy atom. The molecule has 74 valence electrons. The third-order valence-corrected chi connectivity index (χ3v) is 2.85. The average Bonchev–Trinajstić information content (AvgIpc) is 2.27. The van der Waals surface area contributed by atoms with Gasteiger partial charge in [0, 0.05) is 5.88 Å². The summed E-state index contributed by atoms with van der Waals surface area (Å²) in [5.41, 5.74) is 0.675. The first kappa shape index (κ1) is 11.1. The highest BCUT2D eigenvalue weighted by molar-refractivity contribution is 6.17. The van der Waals surface area contributed by atoms with E-state index in [0.717, 1.165) is 12.0 Å². The Kier molecular flexibility index (Phi) is 3.98. The molecule has 0 amide bonds. The van der Waals surface area contributed by atoms with Gasteiger partial charge in [0.2, 0.25) is 0 Å². The molecular weight excluding hydrogens is 194 g/mol. The Bertz CT molecular complexity index is 315. The second-order valence-electron chi connectivity index (χ2n) is 3.35. The molecule has 0 heterocycles. The van der Waals surface area contributed by atoms with Crippen molar-refractivity contribution in [2.75, 3.05) is 5.88 Å². The topological polar surface area (TPSA) is 23.8 Å². The summed E-state index contributed by atoms with van der Waals surface area (Å²) in [6.07, 6.45) is 1.52. The van der Waals surface area contributed by atoms with Crippen LogP contribution in [0.1, 0.15) is 25.3 Å². The highest BCUT2D eigenvalue weighted by Crippen LogP contribution is 2.31. The molecule has 0 bridgehead atoms. The minimum atomic E-state index is -0.400. The Morgan fingerprint density at radius 3 is 2.43 bits per heavy atom. The number of hydrogen-bond acceptors (Lipinski definition) is 1. The van der Waals surface area contributed by atoms with Gasteiger partial charge in [0.15, 0.2) is 0 Å². The fourth-order valence-corrected chi connectivity index (χ4v) is 1.97. The molecule has 0 radical (unpaired) electrons. The zero-order valence-electron chi connectivity index (χ0n) is 8.33. The molecule has 0 aliphatic carbocycles. The number of hydrogen-bond donors (Lipinski definition) is 0. The van der Waals surface area contributed by atoms with Crippen molar-refractivity contribution in [1.82, 2.24) is 0 Å². The predicted octanol–water partition coefficient (Wildman–Crippen LogP) is 3.49. The lowest BCUT2D eigenvalue weighted by Gasteiger charge is -2.24. The summed E-state index contributed by atoms with van der Waals surface area (Å²) in [5, 5.41) is 9.25. The van der Waals surface area contributed by atoms with Crippen LogP contribution in [-0.2, 0) is 5.41 Å². The summed E-state index contributed by atoms with van der Waals surface area (Å²) < 4.78 is 0. The van der Waals surface area contributed by atoms with Gasteiger partial charge in [-0.1, -0.05) is 37.3 Å². The number of benzene rings is 1. The lowest BCUT2D eigenvalue weighted by molar-refractivity contribution is 0.514. The van der Waals surface area contributed by atoms with Crippen molar-refractivity contribution in [2.24, 2.45) is 0 Å². The Hall–Kier alpha value is -1.00. The van der Waals surface area contributed by atoms with E-state index in [2.05, 4.69) is 6.07 Å². The van der Waals surface area contributed by atoms with Crippen molar-refractivity contribution in [3.05, 3.63) is 35.9 Å². The van der Waals surface area contributed by atoms with Crippen LogP contribution in [0.4, 0.5) is 0 Å². The molecule has 14 heavy (non-hydrogen) atoms. The Labute approximate surface area is 90.3 Å². The van der Waals surface area contributed by atoms with Crippen molar-refractivity contribution in [3.8, 4) is 6.07 Å². The van der Waals surface area contributed by atoms with Crippen molar-refractivity contribution in [1.29, 1.82) is 5.26 Å². The molecule has 1 aromatic rings. The summed E-state index contributed by atoms with van der Waals surface area (Å²) in [7, 11) is 0. The molecule has 0 aliphatic heterocycles. The summed E-state index contributed by atoms with van der Waals surface area (Å²) >= 11 is 5.74. The maximum absolute atomic E-state index is 9.25. The van der Waals surface area contributed by atoms with Gasteiger partial charge in [-0.15, -0.1) is 11.6 Å². The van der Waals surface area contributed by atoms with Gasteiger partial charge in [0.25, 0.3) is 0 Å². The van der Waals surface area contributed by atoms with Crippen molar-refractivity contribution < 1.29 is 0 Å². The lowest BCUT2D eigenvalue weighted by atomic mass is 9.77. The summed E-state index contributed by atoms with van der Waals surface area (Å²) in [6.45, 7) is 2.03. The van der Waals surface area contributed by atoms with E-state index in [1.165, 1.54) is 0 Å². The van der Waals surface area contributed by atoms with Crippen LogP contribution >= 0.6 is 11.6 Å². The van der Waals surface area contributed by atoms with Gasteiger partial charge in [0.05, 0.1) is 11.5 Å². The highest BCUT2D eigenvalue weighted by atomic mass is 35.5. The van der Waals surface area contributed by atoms with E-state index in [0.29, 0.717) is 12.3 Å². The van der Waals surface area contributed by atoms with E-state index < -0.39 is 5.41 Å². The number of alkyl halides is 1. The quantitative estimate of drug-likeness (QED) is 0.694. The molecule has 1 atom stereocenters. The summed E-state index contributed by atoms with van der Waals surface area (Å²) in [6, 6.07) is 12.3. The molecule has 0 saturated carbocycles. The molecule has 0 spiro atoms. The maximum Gasteiger partial charge on any atom is 0.0831 e. The first-order valence-corrected chi connectivity index (χ1v) is 5.35. The van der Waals surface area contributed by atoms with Crippen LogP contribution in [0.5, 0.6) is 0 Å². The van der Waals surface area contributed by atoms with Crippen LogP contribution in [-0.4, -0.2) is 5.88 Å². The minimum absolute atomic E-state index is 0.400. The molecule has 0 aromatic heterocycles. The van der Waals surface area contributed by atoms with Crippen molar-refractivity contribution >= 4 is 11.6 Å². The summed E-state index contributed by atoms with van der Waals surface area (Å²) in [5.74, 6) is 0.524. The van der Waals surface area contributed by atoms with Gasteiger partial charge >= 0.3 is 0 Å². The number of nitrogens with zero attached hydrogens (tertiary/aromatic N) is 1. The second-order valence-corrected chi connectivity index (χ2v) is 3.73. The fourth-order valence-electron chi connectivity index (χ4n) is 1.64. The van der Waals surface area contributed by atoms with E-state index >= 15 is 0 Å². The largest absolute Gasteiger partial charge is 0.197 e. The van der Waals surface area contributed by atoms with E-state index in [-0.39, 0.29) is 0 Å². The van der Waals surface area contributed by atoms with E-state index in [1.54, 1.807) is 0 Å². The average molecular weight is 208 g/mol. The molecule has 0 N–H and O–H groups in total. The second kappa shape index (κ2) is 5.02. The zero-order valence-corrected chi connectivity index (χ0v) is 9.09. The number of nitriles is 1. The van der Waals surface area contributed by atoms with Crippen molar-refractivity contribution in [2.45, 2.75) is 25.2 Å². The van der Waals surface area contributed by atoms with Gasteiger partial charge < -0.3 is 0 Å². The normalized spacial score (nSPS) is 14.4. The molecule has 1 unspecified atom stereocenters. The van der Waals surface area contributed by atoms with Gasteiger partial charge in [-0.05, 0) is 18.4 Å². The van der Waals surface area contributed by atoms with Gasteiger partial charge in [-0.3, -0.25) is 0 Å². The van der Waals surface area contributed by atoms with Gasteiger partial charge in [-0.2, -0.15) is 5.26 Å². The third-order valence-electron chi connectivity index (χ3n) is 2.67. The monoisotopic (exact) mass is 207 g/mol. The van der Waals surface area contributed by atoms with E-state index in [1.807, 2.05) is 37.3 Å². The summed E-state index contributed by atoms with van der Waals surface area (Å²) in [4.78, 5) is 0. The SMILES string of the molecule is CCC(C#N)(CCCl)c1ccccc1. The molecule has 1 nitrogen and oxygen atoms in total. The Morgan fingerprint density at radius 2 is 2.00 bits per heavy atom. The molecular formula is C12H14ClN. The van der Waals surface area contributed by atoms with E-state index in [9.17, 15) is 5.26 Å². The molecule has 1 rings (SSSR count). The molecule has 1 aromatic carbocycles. The highest BCUT2D eigenvalue weighted by Gasteiger charge is 2.29. The number of rotatable bonds is 4. The predicted molar refractivity (Wildman–Crippen MR) is 59.4 cm³/mol. The molecule has 0 aliphatic rings. The van der Waals surface area contributed by atoms with Gasteiger partial charge in [-0.25, -0.2) is 0 Å². The van der Waals surface area contributed by atoms with Crippen LogP contribution < -0.4 is 0 Å². The van der Waals surface area contributed by atoms with Crippen LogP contribution in [0.25, 0.3) is 0 Å². The minimum Gasteiger partial charge on any atom is -0.197 e. The third kappa shape index (κ3) is 2.08. The van der Waals surface area contributed by atoms with Crippen LogP contribution in [0.15, 0.2) is 30.3 Å². The van der Waals surface area contributed by atoms with Crippen LogP contribution in [0.2, 0.25) is 0 Å². The molecule has 2 heteroatoms. The first-order valence-electron chi connectivity index (χ1n) is 4.82. The van der Waals surface area contributed by atoms with Crippen LogP contribution in [0.3, 0.4) is 0 Å². The van der Waals surface area contributed by atoms with Crippen molar-refractivity contribution in [3.63, 3.8) is 0 Å². The first-order chi connectivity index (χ1) is 6.79. The Balaban J connectivity index is 3.06. The maximum atomic E-state index is 9.25. The zero-order chi connectivity index (χ0) is 10.4. The smallest absolute Gasteiger partial charge is 0.0831 e. The van der Waals surface area contributed by atoms with Gasteiger partial charge in [0.1, 0.15) is 0 Å². The lowest BCUT2D eigenvalue weighted by Crippen LogP contribution is -2.23. The molecule has 0 saturated heterocycles. The van der Waals surface area contributed by atoms with Crippen LogP contribution in [0, 0.1) is 11.3 Å². The fraction of sp³-hybridized carbons (Fsp3) is 0.417. The standard InChI is InChI=1S/C12H14ClN/c1-2-12(10-14,8-9-13)11-6-4-3-5-7-11/h3-7H,2,8-9H2,1H3. The number of halogens is 1.